The van der Waals surface area contributed by atoms with Crippen LogP contribution in [0.3, 0.4) is 0 Å². The first kappa shape index (κ1) is 16.4. The standard InChI is InChI=1S/C13H25NO5/c1-2-3-4-10(17)14-11-8(6-15)5-9(7-16)12(18)13(11)19/h8-9,11-13,15-16,18-19H,2-7H2,1H3,(H,14,17)/t8-,9+,11-,12+,13+/m0/s1. The van der Waals surface area contributed by atoms with Crippen molar-refractivity contribution in [3.05, 3.63) is 0 Å². The van der Waals surface area contributed by atoms with Gasteiger partial charge in [0.1, 0.15) is 6.10 Å². The summed E-state index contributed by atoms with van der Waals surface area (Å²) < 4.78 is 0. The maximum absolute atomic E-state index is 11.7. The van der Waals surface area contributed by atoms with Gasteiger partial charge in [-0.1, -0.05) is 13.3 Å². The summed E-state index contributed by atoms with van der Waals surface area (Å²) in [6.45, 7) is 1.54. The lowest BCUT2D eigenvalue weighted by Gasteiger charge is -2.42. The zero-order valence-corrected chi connectivity index (χ0v) is 11.3. The van der Waals surface area contributed by atoms with Crippen LogP contribution in [0.1, 0.15) is 32.6 Å². The lowest BCUT2D eigenvalue weighted by Crippen LogP contribution is -2.59. The van der Waals surface area contributed by atoms with Crippen LogP contribution in [0.4, 0.5) is 0 Å². The molecule has 0 aromatic rings. The van der Waals surface area contributed by atoms with E-state index in [9.17, 15) is 20.1 Å². The summed E-state index contributed by atoms with van der Waals surface area (Å²) in [5, 5.41) is 41.1. The number of aliphatic hydroxyl groups excluding tert-OH is 4. The molecule has 0 heterocycles. The molecule has 0 bridgehead atoms. The monoisotopic (exact) mass is 275 g/mol. The van der Waals surface area contributed by atoms with Crippen LogP contribution in [0.5, 0.6) is 0 Å². The van der Waals surface area contributed by atoms with E-state index in [0.717, 1.165) is 12.8 Å². The molecule has 0 spiro atoms. The molecular formula is C13H25NO5. The molecule has 1 saturated carbocycles. The third-order valence-corrected chi connectivity index (χ3v) is 3.87. The summed E-state index contributed by atoms with van der Waals surface area (Å²) in [6, 6.07) is -0.660. The lowest BCUT2D eigenvalue weighted by molar-refractivity contribution is -0.130. The van der Waals surface area contributed by atoms with Crippen LogP contribution in [0.2, 0.25) is 0 Å². The van der Waals surface area contributed by atoms with Gasteiger partial charge in [0, 0.05) is 31.5 Å². The SMILES string of the molecule is CCCCC(=O)N[C@H]1[C@H](CO)C[C@H](CO)[C@@H](O)[C@@H]1O. The Kier molecular flexibility index (Phi) is 6.71. The molecule has 5 atom stereocenters. The molecule has 1 aliphatic rings. The van der Waals surface area contributed by atoms with Crippen molar-refractivity contribution in [2.24, 2.45) is 11.8 Å². The first-order chi connectivity index (χ1) is 9.04. The Labute approximate surface area is 113 Å². The Morgan fingerprint density at radius 3 is 2.32 bits per heavy atom. The first-order valence-electron chi connectivity index (χ1n) is 6.92. The summed E-state index contributed by atoms with van der Waals surface area (Å²) >= 11 is 0. The van der Waals surface area contributed by atoms with E-state index >= 15 is 0 Å². The van der Waals surface area contributed by atoms with Gasteiger partial charge < -0.3 is 25.7 Å². The minimum Gasteiger partial charge on any atom is -0.396 e. The smallest absolute Gasteiger partial charge is 0.220 e. The molecule has 112 valence electrons. The molecule has 1 rings (SSSR count). The zero-order valence-electron chi connectivity index (χ0n) is 11.3. The molecule has 1 fully saturated rings. The van der Waals surface area contributed by atoms with Crippen LogP contribution >= 0.6 is 0 Å². The average Bonchev–Trinajstić information content (AvgIpc) is 2.42. The summed E-state index contributed by atoms with van der Waals surface area (Å²) in [6.07, 6.45) is 0.179. The molecule has 5 N–H and O–H groups in total. The quantitative estimate of drug-likeness (QED) is 0.427. The van der Waals surface area contributed by atoms with E-state index in [0.29, 0.717) is 12.8 Å². The Morgan fingerprint density at radius 1 is 1.16 bits per heavy atom. The Bertz CT molecular complexity index is 284. The summed E-state index contributed by atoms with van der Waals surface area (Å²) in [5.74, 6) is -0.990. The summed E-state index contributed by atoms with van der Waals surface area (Å²) in [5.41, 5.74) is 0. The summed E-state index contributed by atoms with van der Waals surface area (Å²) in [4.78, 5) is 11.7. The number of nitrogens with one attached hydrogen (secondary N) is 1. The lowest BCUT2D eigenvalue weighted by atomic mass is 9.75. The second-order valence-corrected chi connectivity index (χ2v) is 5.30. The van der Waals surface area contributed by atoms with E-state index in [1.165, 1.54) is 0 Å². The van der Waals surface area contributed by atoms with Crippen molar-refractivity contribution < 1.29 is 25.2 Å². The van der Waals surface area contributed by atoms with Gasteiger partial charge in [0.2, 0.25) is 5.91 Å². The fraction of sp³-hybridized carbons (Fsp3) is 0.923. The number of aliphatic hydroxyl groups is 4. The molecule has 1 aliphatic carbocycles. The molecule has 0 radical (unpaired) electrons. The number of carbonyl (C=O) groups is 1. The number of carbonyl (C=O) groups excluding carboxylic acids is 1. The van der Waals surface area contributed by atoms with Gasteiger partial charge in [-0.25, -0.2) is 0 Å². The second-order valence-electron chi connectivity index (χ2n) is 5.30. The maximum atomic E-state index is 11.7. The van der Waals surface area contributed by atoms with Crippen molar-refractivity contribution in [2.45, 2.75) is 50.9 Å². The van der Waals surface area contributed by atoms with Crippen LogP contribution in [0.15, 0.2) is 0 Å². The first-order valence-corrected chi connectivity index (χ1v) is 6.92. The number of hydrogen-bond acceptors (Lipinski definition) is 5. The highest BCUT2D eigenvalue weighted by atomic mass is 16.3. The van der Waals surface area contributed by atoms with Crippen molar-refractivity contribution in [3.8, 4) is 0 Å². The normalized spacial score (nSPS) is 35.1. The van der Waals surface area contributed by atoms with E-state index in [-0.39, 0.29) is 25.0 Å². The van der Waals surface area contributed by atoms with Crippen molar-refractivity contribution in [3.63, 3.8) is 0 Å². The Balaban J connectivity index is 2.65. The van der Waals surface area contributed by atoms with E-state index in [4.69, 9.17) is 5.11 Å². The number of amides is 1. The molecule has 1 amide bonds. The van der Waals surface area contributed by atoms with Crippen molar-refractivity contribution in [1.29, 1.82) is 0 Å². The maximum Gasteiger partial charge on any atom is 0.220 e. The third-order valence-electron chi connectivity index (χ3n) is 3.87. The molecule has 0 unspecified atom stereocenters. The number of rotatable bonds is 6. The third kappa shape index (κ3) is 4.14. The predicted molar refractivity (Wildman–Crippen MR) is 69.2 cm³/mol. The van der Waals surface area contributed by atoms with Gasteiger partial charge in [0.15, 0.2) is 0 Å². The molecular weight excluding hydrogens is 250 g/mol. The fourth-order valence-electron chi connectivity index (χ4n) is 2.61. The highest BCUT2D eigenvalue weighted by Gasteiger charge is 2.43. The molecule has 19 heavy (non-hydrogen) atoms. The number of unbranched alkanes of at least 4 members (excludes halogenated alkanes) is 1. The Morgan fingerprint density at radius 2 is 1.79 bits per heavy atom. The van der Waals surface area contributed by atoms with E-state index < -0.39 is 24.2 Å². The molecule has 6 heteroatoms. The minimum absolute atomic E-state index is 0.181. The van der Waals surface area contributed by atoms with Crippen LogP contribution in [0, 0.1) is 11.8 Å². The number of hydrogen-bond donors (Lipinski definition) is 5. The topological polar surface area (TPSA) is 110 Å². The fourth-order valence-corrected chi connectivity index (χ4v) is 2.61. The molecule has 0 aromatic carbocycles. The van der Waals surface area contributed by atoms with Gasteiger partial charge in [-0.2, -0.15) is 0 Å². The van der Waals surface area contributed by atoms with Crippen molar-refractivity contribution in [2.75, 3.05) is 13.2 Å². The van der Waals surface area contributed by atoms with Crippen molar-refractivity contribution >= 4 is 5.91 Å². The van der Waals surface area contributed by atoms with Gasteiger partial charge in [0.25, 0.3) is 0 Å². The van der Waals surface area contributed by atoms with Gasteiger partial charge in [-0.3, -0.25) is 4.79 Å². The van der Waals surface area contributed by atoms with Gasteiger partial charge in [-0.05, 0) is 12.8 Å². The van der Waals surface area contributed by atoms with Crippen LogP contribution in [-0.4, -0.2) is 57.8 Å². The average molecular weight is 275 g/mol. The second kappa shape index (κ2) is 7.79. The molecule has 0 aromatic heterocycles. The van der Waals surface area contributed by atoms with Gasteiger partial charge in [-0.15, -0.1) is 0 Å². The summed E-state index contributed by atoms with van der Waals surface area (Å²) in [7, 11) is 0. The zero-order chi connectivity index (χ0) is 14.4. The highest BCUT2D eigenvalue weighted by Crippen LogP contribution is 2.30. The molecule has 0 saturated heterocycles. The largest absolute Gasteiger partial charge is 0.396 e. The predicted octanol–water partition coefficient (Wildman–Crippen LogP) is -0.996. The molecule has 6 nitrogen and oxygen atoms in total. The van der Waals surface area contributed by atoms with E-state index in [2.05, 4.69) is 5.32 Å². The Hall–Kier alpha value is -0.690. The van der Waals surface area contributed by atoms with E-state index in [1.54, 1.807) is 0 Å². The van der Waals surface area contributed by atoms with Crippen LogP contribution in [-0.2, 0) is 4.79 Å². The van der Waals surface area contributed by atoms with E-state index in [1.807, 2.05) is 6.92 Å². The minimum atomic E-state index is -1.16. The van der Waals surface area contributed by atoms with Crippen LogP contribution in [0.25, 0.3) is 0 Å². The molecule has 0 aliphatic heterocycles. The van der Waals surface area contributed by atoms with Crippen LogP contribution < -0.4 is 5.32 Å². The highest BCUT2D eigenvalue weighted by molar-refractivity contribution is 5.76. The van der Waals surface area contributed by atoms with Crippen molar-refractivity contribution in [1.82, 2.24) is 5.32 Å². The van der Waals surface area contributed by atoms with Gasteiger partial charge in [0.05, 0.1) is 12.1 Å². The van der Waals surface area contributed by atoms with Gasteiger partial charge >= 0.3 is 0 Å².